The number of nitrogens with two attached hydrogens (primary N) is 1. The third-order valence-electron chi connectivity index (χ3n) is 2.89. The lowest BCUT2D eigenvalue weighted by molar-refractivity contribution is 0.354. The van der Waals surface area contributed by atoms with Gasteiger partial charge in [0.25, 0.3) is 0 Å². The molecule has 0 saturated heterocycles. The molecule has 1 saturated carbocycles. The van der Waals surface area contributed by atoms with Crippen molar-refractivity contribution in [1.82, 2.24) is 10.1 Å². The van der Waals surface area contributed by atoms with Gasteiger partial charge in [-0.3, -0.25) is 0 Å². The van der Waals surface area contributed by atoms with Gasteiger partial charge in [0.15, 0.2) is 5.82 Å². The molecular formula is C12H21N3O. The van der Waals surface area contributed by atoms with Gasteiger partial charge in [0.05, 0.1) is 0 Å². The van der Waals surface area contributed by atoms with E-state index in [2.05, 4.69) is 24.0 Å². The molecule has 1 aromatic rings. The zero-order valence-electron chi connectivity index (χ0n) is 10.1. The Morgan fingerprint density at radius 1 is 1.44 bits per heavy atom. The highest BCUT2D eigenvalue weighted by atomic mass is 16.5. The zero-order valence-corrected chi connectivity index (χ0v) is 10.1. The van der Waals surface area contributed by atoms with Gasteiger partial charge in [-0.05, 0) is 31.1 Å². The predicted octanol–water partition coefficient (Wildman–Crippen LogP) is 1.94. The Bertz CT molecular complexity index is 331. The molecule has 90 valence electrons. The van der Waals surface area contributed by atoms with E-state index in [-0.39, 0.29) is 6.04 Å². The molecule has 1 unspecified atom stereocenters. The third kappa shape index (κ3) is 3.59. The van der Waals surface area contributed by atoms with Gasteiger partial charge in [0, 0.05) is 18.9 Å². The van der Waals surface area contributed by atoms with E-state index in [1.807, 2.05) is 0 Å². The summed E-state index contributed by atoms with van der Waals surface area (Å²) < 4.78 is 5.20. The molecule has 16 heavy (non-hydrogen) atoms. The molecule has 4 heteroatoms. The summed E-state index contributed by atoms with van der Waals surface area (Å²) in [6.07, 6.45) is 5.31. The van der Waals surface area contributed by atoms with Crippen molar-refractivity contribution in [3.8, 4) is 0 Å². The second kappa shape index (κ2) is 4.95. The molecule has 0 bridgehead atoms. The summed E-state index contributed by atoms with van der Waals surface area (Å²) in [4.78, 5) is 4.38. The topological polar surface area (TPSA) is 64.9 Å². The second-order valence-electron chi connectivity index (χ2n) is 5.35. The summed E-state index contributed by atoms with van der Waals surface area (Å²) in [6, 6.07) is 0.134. The van der Waals surface area contributed by atoms with E-state index in [1.165, 1.54) is 12.8 Å². The molecule has 1 aliphatic rings. The van der Waals surface area contributed by atoms with Gasteiger partial charge in [-0.25, -0.2) is 0 Å². The van der Waals surface area contributed by atoms with Crippen LogP contribution in [0, 0.1) is 11.8 Å². The van der Waals surface area contributed by atoms with Crippen LogP contribution in [0.4, 0.5) is 0 Å². The van der Waals surface area contributed by atoms with Crippen LogP contribution in [0.3, 0.4) is 0 Å². The number of rotatable bonds is 6. The first-order valence-corrected chi connectivity index (χ1v) is 6.20. The fourth-order valence-electron chi connectivity index (χ4n) is 1.95. The second-order valence-corrected chi connectivity index (χ2v) is 5.35. The van der Waals surface area contributed by atoms with Crippen molar-refractivity contribution in [3.63, 3.8) is 0 Å². The molecule has 0 aromatic carbocycles. The number of hydrogen-bond donors (Lipinski definition) is 1. The van der Waals surface area contributed by atoms with E-state index in [1.54, 1.807) is 0 Å². The van der Waals surface area contributed by atoms with Crippen LogP contribution in [-0.2, 0) is 12.8 Å². The summed E-state index contributed by atoms with van der Waals surface area (Å²) >= 11 is 0. The van der Waals surface area contributed by atoms with Crippen LogP contribution in [0.2, 0.25) is 0 Å². The van der Waals surface area contributed by atoms with Gasteiger partial charge >= 0.3 is 0 Å². The summed E-state index contributed by atoms with van der Waals surface area (Å²) in [7, 11) is 0. The Labute approximate surface area is 96.6 Å². The van der Waals surface area contributed by atoms with Gasteiger partial charge in [-0.15, -0.1) is 0 Å². The monoisotopic (exact) mass is 223 g/mol. The van der Waals surface area contributed by atoms with Crippen LogP contribution >= 0.6 is 0 Å². The molecule has 1 heterocycles. The molecule has 0 aliphatic heterocycles. The van der Waals surface area contributed by atoms with Crippen LogP contribution in [0.1, 0.15) is 44.8 Å². The zero-order chi connectivity index (χ0) is 11.5. The van der Waals surface area contributed by atoms with Gasteiger partial charge in [0.1, 0.15) is 0 Å². The van der Waals surface area contributed by atoms with E-state index < -0.39 is 0 Å². The third-order valence-corrected chi connectivity index (χ3v) is 2.89. The van der Waals surface area contributed by atoms with Crippen LogP contribution in [0.25, 0.3) is 0 Å². The summed E-state index contributed by atoms with van der Waals surface area (Å²) in [5.41, 5.74) is 6.00. The molecule has 2 rings (SSSR count). The van der Waals surface area contributed by atoms with Crippen molar-refractivity contribution in [2.45, 2.75) is 52.0 Å². The Kier molecular flexibility index (Phi) is 3.59. The maximum Gasteiger partial charge on any atom is 0.228 e. The minimum absolute atomic E-state index is 0.134. The molecule has 4 nitrogen and oxygen atoms in total. The van der Waals surface area contributed by atoms with Crippen molar-refractivity contribution in [3.05, 3.63) is 11.7 Å². The first-order valence-electron chi connectivity index (χ1n) is 6.20. The fraction of sp³-hybridized carbons (Fsp3) is 0.833. The lowest BCUT2D eigenvalue weighted by atomic mass is 10.0. The Hall–Kier alpha value is -0.900. The predicted molar refractivity (Wildman–Crippen MR) is 61.9 cm³/mol. The molecule has 1 fully saturated rings. The van der Waals surface area contributed by atoms with E-state index >= 15 is 0 Å². The van der Waals surface area contributed by atoms with E-state index in [0.717, 1.165) is 24.6 Å². The lowest BCUT2D eigenvalue weighted by Gasteiger charge is -2.10. The standard InChI is InChI=1S/C12H21N3O/c1-8(2)5-10(13)7-12-14-11(15-16-12)6-9-3-4-9/h8-10H,3-7,13H2,1-2H3. The van der Waals surface area contributed by atoms with Gasteiger partial charge in [-0.2, -0.15) is 4.98 Å². The van der Waals surface area contributed by atoms with E-state index in [4.69, 9.17) is 10.3 Å². The average Bonchev–Trinajstić information content (AvgIpc) is 2.86. The summed E-state index contributed by atoms with van der Waals surface area (Å²) in [6.45, 7) is 4.35. The summed E-state index contributed by atoms with van der Waals surface area (Å²) in [5, 5.41) is 3.99. The van der Waals surface area contributed by atoms with Crippen molar-refractivity contribution < 1.29 is 4.52 Å². The highest BCUT2D eigenvalue weighted by Crippen LogP contribution is 2.31. The van der Waals surface area contributed by atoms with Crippen LogP contribution < -0.4 is 5.73 Å². The van der Waals surface area contributed by atoms with E-state index in [0.29, 0.717) is 18.2 Å². The first-order chi connectivity index (χ1) is 7.63. The molecular weight excluding hydrogens is 202 g/mol. The number of aromatic nitrogens is 2. The van der Waals surface area contributed by atoms with Crippen molar-refractivity contribution in [2.75, 3.05) is 0 Å². The SMILES string of the molecule is CC(C)CC(N)Cc1nc(CC2CC2)no1. The lowest BCUT2D eigenvalue weighted by Crippen LogP contribution is -2.24. The molecule has 0 spiro atoms. The van der Waals surface area contributed by atoms with Gasteiger partial charge in [0.2, 0.25) is 5.89 Å². The van der Waals surface area contributed by atoms with E-state index in [9.17, 15) is 0 Å². The number of hydrogen-bond acceptors (Lipinski definition) is 4. The largest absolute Gasteiger partial charge is 0.339 e. The van der Waals surface area contributed by atoms with Gasteiger partial charge < -0.3 is 10.3 Å². The smallest absolute Gasteiger partial charge is 0.228 e. The Morgan fingerprint density at radius 2 is 2.19 bits per heavy atom. The molecule has 0 radical (unpaired) electrons. The molecule has 1 aliphatic carbocycles. The minimum atomic E-state index is 0.134. The van der Waals surface area contributed by atoms with Crippen LogP contribution in [0.5, 0.6) is 0 Å². The van der Waals surface area contributed by atoms with Crippen molar-refractivity contribution in [2.24, 2.45) is 17.6 Å². The first kappa shape index (κ1) is 11.6. The average molecular weight is 223 g/mol. The van der Waals surface area contributed by atoms with Gasteiger partial charge in [-0.1, -0.05) is 19.0 Å². The normalized spacial score (nSPS) is 18.0. The Morgan fingerprint density at radius 3 is 2.81 bits per heavy atom. The van der Waals surface area contributed by atoms with Crippen molar-refractivity contribution in [1.29, 1.82) is 0 Å². The van der Waals surface area contributed by atoms with Crippen molar-refractivity contribution >= 4 is 0 Å². The highest BCUT2D eigenvalue weighted by Gasteiger charge is 2.24. The van der Waals surface area contributed by atoms with Crippen LogP contribution in [-0.4, -0.2) is 16.2 Å². The molecule has 1 aromatic heterocycles. The maximum atomic E-state index is 6.00. The fourth-order valence-corrected chi connectivity index (χ4v) is 1.95. The molecule has 1 atom stereocenters. The number of nitrogens with zero attached hydrogens (tertiary/aromatic N) is 2. The maximum absolute atomic E-state index is 6.00. The molecule has 2 N–H and O–H groups in total. The Balaban J connectivity index is 1.81. The minimum Gasteiger partial charge on any atom is -0.339 e. The van der Waals surface area contributed by atoms with Crippen LogP contribution in [0.15, 0.2) is 4.52 Å². The quantitative estimate of drug-likeness (QED) is 0.800. The summed E-state index contributed by atoms with van der Waals surface area (Å²) in [5.74, 6) is 2.97. The molecule has 0 amide bonds. The highest BCUT2D eigenvalue weighted by molar-refractivity contribution is 4.93.